The number of pyridine rings is 2. The first kappa shape index (κ1) is 22.4. The average molecular weight is 422 g/mol. The summed E-state index contributed by atoms with van der Waals surface area (Å²) < 4.78 is 20.7. The lowest BCUT2D eigenvalue weighted by Gasteiger charge is -2.18. The Balaban J connectivity index is 0.00000132. The summed E-state index contributed by atoms with van der Waals surface area (Å²) in [4.78, 5) is 19.6. The van der Waals surface area contributed by atoms with Crippen molar-refractivity contribution in [1.82, 2.24) is 9.97 Å². The number of aromatic nitrogens is 2. The van der Waals surface area contributed by atoms with Crippen LogP contribution in [0.3, 0.4) is 0 Å². The molecule has 2 heterocycles. The number of aromatic amines is 1. The van der Waals surface area contributed by atoms with Crippen LogP contribution in [0.5, 0.6) is 5.75 Å². The molecule has 162 valence electrons. The molecule has 4 rings (SSSR count). The van der Waals surface area contributed by atoms with Crippen LogP contribution in [0, 0.1) is 12.7 Å². The number of nitrogens with zero attached hydrogens (tertiary/aromatic N) is 1. The van der Waals surface area contributed by atoms with Crippen LogP contribution >= 0.6 is 0 Å². The summed E-state index contributed by atoms with van der Waals surface area (Å²) >= 11 is 0. The third-order valence-corrected chi connectivity index (χ3v) is 5.53. The van der Waals surface area contributed by atoms with E-state index in [2.05, 4.69) is 16.9 Å². The highest BCUT2D eigenvalue weighted by atomic mass is 19.1. The molecule has 0 fully saturated rings. The van der Waals surface area contributed by atoms with Crippen LogP contribution in [0.2, 0.25) is 0 Å². The molecular formula is C25H28FN3O2. The highest BCUT2D eigenvalue weighted by molar-refractivity contribution is 6.14. The summed E-state index contributed by atoms with van der Waals surface area (Å²) in [5, 5.41) is 1.86. The SMILES string of the molecule is CC.COc1c(F)c(C)c2[nH]c(=O)c3ccncc3c2c1-c1ccc(C(C)CN)cc1. The molecule has 0 spiro atoms. The number of ether oxygens (including phenoxy) is 1. The molecule has 0 aliphatic rings. The normalized spacial score (nSPS) is 11.8. The van der Waals surface area contributed by atoms with Gasteiger partial charge in [-0.25, -0.2) is 4.39 Å². The molecule has 1 unspecified atom stereocenters. The summed E-state index contributed by atoms with van der Waals surface area (Å²) in [5.41, 5.74) is 8.76. The van der Waals surface area contributed by atoms with Crippen LogP contribution in [0.4, 0.5) is 4.39 Å². The first-order chi connectivity index (χ1) is 15.0. The van der Waals surface area contributed by atoms with Gasteiger partial charge in [-0.3, -0.25) is 9.78 Å². The van der Waals surface area contributed by atoms with E-state index < -0.39 is 5.82 Å². The number of hydrogen-bond donors (Lipinski definition) is 2. The summed E-state index contributed by atoms with van der Waals surface area (Å²) in [6, 6.07) is 9.50. The fraction of sp³-hybridized carbons (Fsp3) is 0.280. The van der Waals surface area contributed by atoms with Gasteiger partial charge in [0, 0.05) is 34.3 Å². The highest BCUT2D eigenvalue weighted by Crippen LogP contribution is 2.43. The number of H-pyrrole nitrogens is 1. The summed E-state index contributed by atoms with van der Waals surface area (Å²) in [6.07, 6.45) is 3.21. The van der Waals surface area contributed by atoms with Crippen molar-refractivity contribution >= 4 is 21.7 Å². The number of aryl methyl sites for hydroxylation is 1. The molecule has 0 bridgehead atoms. The summed E-state index contributed by atoms with van der Waals surface area (Å²) in [5.74, 6) is -0.126. The molecule has 0 saturated carbocycles. The third-order valence-electron chi connectivity index (χ3n) is 5.53. The van der Waals surface area contributed by atoms with Gasteiger partial charge in [0.1, 0.15) is 0 Å². The molecule has 1 atom stereocenters. The van der Waals surface area contributed by atoms with E-state index in [1.54, 1.807) is 25.4 Å². The Morgan fingerprint density at radius 1 is 1.16 bits per heavy atom. The summed E-state index contributed by atoms with van der Waals surface area (Å²) in [6.45, 7) is 8.23. The molecule has 0 saturated heterocycles. The van der Waals surface area contributed by atoms with Crippen molar-refractivity contribution in [3.05, 3.63) is 70.0 Å². The molecule has 2 aromatic heterocycles. The lowest BCUT2D eigenvalue weighted by molar-refractivity contribution is 0.388. The first-order valence-corrected chi connectivity index (χ1v) is 10.4. The third kappa shape index (κ3) is 3.79. The van der Waals surface area contributed by atoms with Crippen LogP contribution in [0.25, 0.3) is 32.8 Å². The molecule has 3 N–H and O–H groups in total. The molecule has 0 aliphatic carbocycles. The summed E-state index contributed by atoms with van der Waals surface area (Å²) in [7, 11) is 1.45. The smallest absolute Gasteiger partial charge is 0.256 e. The maximum absolute atomic E-state index is 15.2. The molecule has 0 aliphatic heterocycles. The first-order valence-electron chi connectivity index (χ1n) is 10.4. The van der Waals surface area contributed by atoms with Crippen LogP contribution in [0.15, 0.2) is 47.5 Å². The second-order valence-electron chi connectivity index (χ2n) is 7.23. The van der Waals surface area contributed by atoms with Gasteiger partial charge in [-0.15, -0.1) is 0 Å². The second-order valence-corrected chi connectivity index (χ2v) is 7.23. The van der Waals surface area contributed by atoms with E-state index >= 15 is 4.39 Å². The molecule has 0 radical (unpaired) electrons. The van der Waals surface area contributed by atoms with Gasteiger partial charge in [0.2, 0.25) is 0 Å². The highest BCUT2D eigenvalue weighted by Gasteiger charge is 2.22. The van der Waals surface area contributed by atoms with Crippen molar-refractivity contribution in [1.29, 1.82) is 0 Å². The van der Waals surface area contributed by atoms with Gasteiger partial charge in [0.05, 0.1) is 18.0 Å². The van der Waals surface area contributed by atoms with Gasteiger partial charge >= 0.3 is 0 Å². The number of nitrogens with one attached hydrogen (secondary N) is 1. The average Bonchev–Trinajstić information content (AvgIpc) is 2.82. The number of rotatable bonds is 4. The minimum Gasteiger partial charge on any atom is -0.493 e. The maximum Gasteiger partial charge on any atom is 0.256 e. The van der Waals surface area contributed by atoms with Gasteiger partial charge in [-0.2, -0.15) is 0 Å². The van der Waals surface area contributed by atoms with Crippen molar-refractivity contribution in [2.45, 2.75) is 33.6 Å². The van der Waals surface area contributed by atoms with Crippen LogP contribution in [-0.4, -0.2) is 23.6 Å². The Hall–Kier alpha value is -3.25. The number of methoxy groups -OCH3 is 1. The molecule has 5 nitrogen and oxygen atoms in total. The van der Waals surface area contributed by atoms with E-state index in [1.165, 1.54) is 7.11 Å². The van der Waals surface area contributed by atoms with Gasteiger partial charge in [-0.1, -0.05) is 45.0 Å². The number of hydrogen-bond acceptors (Lipinski definition) is 4. The van der Waals surface area contributed by atoms with Crippen LogP contribution in [-0.2, 0) is 0 Å². The zero-order valence-corrected chi connectivity index (χ0v) is 18.5. The predicted octanol–water partition coefficient (Wildman–Crippen LogP) is 5.29. The molecule has 4 aromatic rings. The van der Waals surface area contributed by atoms with Crippen molar-refractivity contribution in [2.24, 2.45) is 5.73 Å². The Labute approximate surface area is 181 Å². The molecular weight excluding hydrogens is 393 g/mol. The lowest BCUT2D eigenvalue weighted by atomic mass is 9.92. The van der Waals surface area contributed by atoms with Crippen LogP contribution in [0.1, 0.15) is 37.8 Å². The van der Waals surface area contributed by atoms with Crippen molar-refractivity contribution in [3.63, 3.8) is 0 Å². The standard InChI is InChI=1S/C23H22FN3O2.C2H6/c1-12(10-25)14-4-6-15(7-5-14)18-19-17-11-26-9-8-16(17)23(28)27-21(19)13(2)20(24)22(18)29-3;1-2/h4-9,11-12H,10,25H2,1-3H3,(H,27,28);1-2H3. The Kier molecular flexibility index (Phi) is 6.71. The monoisotopic (exact) mass is 421 g/mol. The fourth-order valence-corrected chi connectivity index (χ4v) is 3.80. The predicted molar refractivity (Wildman–Crippen MR) is 125 cm³/mol. The Morgan fingerprint density at radius 3 is 2.45 bits per heavy atom. The van der Waals surface area contributed by atoms with Gasteiger partial charge in [0.25, 0.3) is 5.56 Å². The van der Waals surface area contributed by atoms with E-state index in [4.69, 9.17) is 10.5 Å². The number of nitrogens with two attached hydrogens (primary N) is 1. The van der Waals surface area contributed by atoms with Crippen molar-refractivity contribution in [2.75, 3.05) is 13.7 Å². The minimum absolute atomic E-state index is 0.145. The van der Waals surface area contributed by atoms with E-state index in [-0.39, 0.29) is 17.2 Å². The number of halogens is 1. The number of fused-ring (bicyclic) bond motifs is 3. The Bertz CT molecular complexity index is 1280. The quantitative estimate of drug-likeness (QED) is 0.439. The molecule has 2 aromatic carbocycles. The lowest BCUT2D eigenvalue weighted by Crippen LogP contribution is -2.10. The van der Waals surface area contributed by atoms with E-state index in [1.807, 2.05) is 38.1 Å². The van der Waals surface area contributed by atoms with Crippen molar-refractivity contribution < 1.29 is 9.13 Å². The van der Waals surface area contributed by atoms with Gasteiger partial charge in [-0.05, 0) is 36.6 Å². The van der Waals surface area contributed by atoms with Crippen LogP contribution < -0.4 is 16.0 Å². The molecule has 6 heteroatoms. The van der Waals surface area contributed by atoms with Crippen molar-refractivity contribution in [3.8, 4) is 16.9 Å². The van der Waals surface area contributed by atoms with Gasteiger partial charge in [0.15, 0.2) is 11.6 Å². The molecule has 0 amide bonds. The largest absolute Gasteiger partial charge is 0.493 e. The van der Waals surface area contributed by atoms with Gasteiger partial charge < -0.3 is 15.5 Å². The Morgan fingerprint density at radius 2 is 1.84 bits per heavy atom. The molecule has 31 heavy (non-hydrogen) atoms. The zero-order chi connectivity index (χ0) is 22.7. The minimum atomic E-state index is -0.492. The topological polar surface area (TPSA) is 81.0 Å². The van der Waals surface area contributed by atoms with E-state index in [0.717, 1.165) is 11.1 Å². The maximum atomic E-state index is 15.2. The van der Waals surface area contributed by atoms with E-state index in [0.29, 0.717) is 39.3 Å². The van der Waals surface area contributed by atoms with E-state index in [9.17, 15) is 4.79 Å². The second kappa shape index (κ2) is 9.27. The zero-order valence-electron chi connectivity index (χ0n) is 18.5. The fourth-order valence-electron chi connectivity index (χ4n) is 3.80. The number of benzene rings is 2.